The zero-order valence-corrected chi connectivity index (χ0v) is 12.4. The van der Waals surface area contributed by atoms with Gasteiger partial charge >= 0.3 is 5.97 Å². The van der Waals surface area contributed by atoms with Crippen LogP contribution >= 0.6 is 0 Å². The van der Waals surface area contributed by atoms with Gasteiger partial charge in [0.25, 0.3) is 5.56 Å². The van der Waals surface area contributed by atoms with E-state index >= 15 is 0 Å². The van der Waals surface area contributed by atoms with Gasteiger partial charge < -0.3 is 14.8 Å². The minimum absolute atomic E-state index is 0.125. The second-order valence-corrected chi connectivity index (χ2v) is 5.04. The fraction of sp³-hybridized carbons (Fsp3) is 0.118. The Bertz CT molecular complexity index is 947. The molecule has 116 valence electrons. The average Bonchev–Trinajstić information content (AvgIpc) is 2.55. The lowest BCUT2D eigenvalue weighted by molar-refractivity contribution is 0.0697. The van der Waals surface area contributed by atoms with Gasteiger partial charge in [-0.3, -0.25) is 4.79 Å². The molecule has 0 fully saturated rings. The van der Waals surface area contributed by atoms with Crippen LogP contribution in [0.15, 0.2) is 47.3 Å². The number of nitrogens with one attached hydrogen (secondary N) is 1. The van der Waals surface area contributed by atoms with Crippen molar-refractivity contribution in [2.45, 2.75) is 6.42 Å². The van der Waals surface area contributed by atoms with Gasteiger partial charge in [-0.15, -0.1) is 0 Å². The molecule has 3 rings (SSSR count). The van der Waals surface area contributed by atoms with Crippen LogP contribution in [0.4, 0.5) is 0 Å². The molecule has 2 N–H and O–H groups in total. The van der Waals surface area contributed by atoms with Gasteiger partial charge in [0.15, 0.2) is 0 Å². The van der Waals surface area contributed by atoms with Gasteiger partial charge in [-0.1, -0.05) is 18.2 Å². The molecule has 0 saturated carbocycles. The third-order valence-electron chi connectivity index (χ3n) is 3.56. The Morgan fingerprint density at radius 3 is 2.78 bits per heavy atom. The summed E-state index contributed by atoms with van der Waals surface area (Å²) < 4.78 is 5.28. The number of para-hydroxylation sites is 1. The van der Waals surface area contributed by atoms with Crippen molar-refractivity contribution in [3.05, 3.63) is 69.6 Å². The number of aromatic nitrogens is 2. The Labute approximate surface area is 131 Å². The average molecular weight is 310 g/mol. The van der Waals surface area contributed by atoms with Crippen molar-refractivity contribution in [2.75, 3.05) is 7.11 Å². The molecule has 0 amide bonds. The number of carbonyl (C=O) groups is 1. The number of benzene rings is 2. The van der Waals surface area contributed by atoms with Crippen molar-refractivity contribution in [1.29, 1.82) is 0 Å². The van der Waals surface area contributed by atoms with Crippen molar-refractivity contribution >= 4 is 17.0 Å². The standard InChI is InChI=1S/C17H14N2O4/c1-23-15-5-3-2-4-10(15)8-14-16(20)19-12-7-6-11(17(21)22)9-13(12)18-14/h2-7,9H,8H2,1H3,(H,19,20)(H,21,22). The molecule has 0 saturated heterocycles. The van der Waals surface area contributed by atoms with E-state index in [-0.39, 0.29) is 11.1 Å². The molecule has 3 aromatic rings. The summed E-state index contributed by atoms with van der Waals surface area (Å²) in [5, 5.41) is 9.06. The zero-order valence-electron chi connectivity index (χ0n) is 12.4. The van der Waals surface area contributed by atoms with Crippen LogP contribution in [-0.2, 0) is 6.42 Å². The van der Waals surface area contributed by atoms with E-state index in [2.05, 4.69) is 9.97 Å². The number of hydrogen-bond acceptors (Lipinski definition) is 4. The van der Waals surface area contributed by atoms with E-state index in [1.807, 2.05) is 24.3 Å². The quantitative estimate of drug-likeness (QED) is 0.771. The molecule has 0 unspecified atom stereocenters. The Morgan fingerprint density at radius 1 is 1.26 bits per heavy atom. The topological polar surface area (TPSA) is 92.3 Å². The number of methoxy groups -OCH3 is 1. The Morgan fingerprint density at radius 2 is 2.04 bits per heavy atom. The maximum atomic E-state index is 12.2. The van der Waals surface area contributed by atoms with E-state index in [0.29, 0.717) is 28.9 Å². The van der Waals surface area contributed by atoms with Crippen molar-refractivity contribution < 1.29 is 14.6 Å². The summed E-state index contributed by atoms with van der Waals surface area (Å²) >= 11 is 0. The van der Waals surface area contributed by atoms with Crippen LogP contribution in [0, 0.1) is 0 Å². The van der Waals surface area contributed by atoms with Crippen LogP contribution < -0.4 is 10.3 Å². The molecule has 23 heavy (non-hydrogen) atoms. The lowest BCUT2D eigenvalue weighted by Crippen LogP contribution is -2.16. The number of hydrogen-bond donors (Lipinski definition) is 2. The van der Waals surface area contributed by atoms with Crippen LogP contribution in [0.5, 0.6) is 5.75 Å². The highest BCUT2D eigenvalue weighted by molar-refractivity contribution is 5.92. The predicted octanol–water partition coefficient (Wildman–Crippen LogP) is 2.22. The first kappa shape index (κ1) is 14.8. The lowest BCUT2D eigenvalue weighted by Gasteiger charge is -2.08. The maximum Gasteiger partial charge on any atom is 0.335 e. The molecule has 0 aliphatic heterocycles. The van der Waals surface area contributed by atoms with E-state index in [0.717, 1.165) is 5.56 Å². The summed E-state index contributed by atoms with van der Waals surface area (Å²) in [6.07, 6.45) is 0.298. The van der Waals surface area contributed by atoms with Crippen LogP contribution in [0.3, 0.4) is 0 Å². The van der Waals surface area contributed by atoms with Gasteiger partial charge in [-0.05, 0) is 24.3 Å². The SMILES string of the molecule is COc1ccccc1Cc1nc2cc(C(=O)O)ccc2[nH]c1=O. The maximum absolute atomic E-state index is 12.2. The summed E-state index contributed by atoms with van der Waals surface area (Å²) in [6.45, 7) is 0. The van der Waals surface area contributed by atoms with Crippen molar-refractivity contribution in [2.24, 2.45) is 0 Å². The number of rotatable bonds is 4. The third kappa shape index (κ3) is 2.91. The highest BCUT2D eigenvalue weighted by atomic mass is 16.5. The summed E-state index contributed by atoms with van der Waals surface area (Å²) in [6, 6.07) is 11.8. The normalized spacial score (nSPS) is 10.7. The molecular formula is C17H14N2O4. The van der Waals surface area contributed by atoms with E-state index in [4.69, 9.17) is 9.84 Å². The van der Waals surface area contributed by atoms with Crippen LogP contribution in [0.25, 0.3) is 11.0 Å². The minimum atomic E-state index is -1.04. The fourth-order valence-corrected chi connectivity index (χ4v) is 2.40. The van der Waals surface area contributed by atoms with Crippen molar-refractivity contribution in [3.8, 4) is 5.75 Å². The minimum Gasteiger partial charge on any atom is -0.496 e. The third-order valence-corrected chi connectivity index (χ3v) is 3.56. The molecule has 0 aliphatic carbocycles. The summed E-state index contributed by atoms with van der Waals surface area (Å²) in [4.78, 5) is 30.3. The Balaban J connectivity index is 2.08. The monoisotopic (exact) mass is 310 g/mol. The molecular weight excluding hydrogens is 296 g/mol. The lowest BCUT2D eigenvalue weighted by atomic mass is 10.1. The number of fused-ring (bicyclic) bond motifs is 1. The van der Waals surface area contributed by atoms with Crippen LogP contribution in [0.1, 0.15) is 21.6 Å². The first-order chi connectivity index (χ1) is 11.1. The second-order valence-electron chi connectivity index (χ2n) is 5.04. The number of aromatic carboxylic acids is 1. The van der Waals surface area contributed by atoms with E-state index in [1.54, 1.807) is 13.2 Å². The summed E-state index contributed by atoms with van der Waals surface area (Å²) in [7, 11) is 1.57. The molecule has 0 aliphatic rings. The highest BCUT2D eigenvalue weighted by Crippen LogP contribution is 2.20. The molecule has 1 heterocycles. The summed E-state index contributed by atoms with van der Waals surface area (Å²) in [5.41, 5.74) is 1.91. The number of carboxylic acids is 1. The largest absolute Gasteiger partial charge is 0.496 e. The van der Waals surface area contributed by atoms with Gasteiger partial charge in [0, 0.05) is 12.0 Å². The van der Waals surface area contributed by atoms with Gasteiger partial charge in [0.05, 0.1) is 23.7 Å². The van der Waals surface area contributed by atoms with E-state index in [1.165, 1.54) is 12.1 Å². The second kappa shape index (κ2) is 5.92. The Kier molecular flexibility index (Phi) is 3.80. The highest BCUT2D eigenvalue weighted by Gasteiger charge is 2.11. The molecule has 0 bridgehead atoms. The number of nitrogens with zero attached hydrogens (tertiary/aromatic N) is 1. The smallest absolute Gasteiger partial charge is 0.335 e. The van der Waals surface area contributed by atoms with Gasteiger partial charge in [-0.2, -0.15) is 0 Å². The molecule has 6 heteroatoms. The molecule has 0 spiro atoms. The first-order valence-electron chi connectivity index (χ1n) is 6.96. The van der Waals surface area contributed by atoms with E-state index in [9.17, 15) is 9.59 Å². The molecule has 0 atom stereocenters. The van der Waals surface area contributed by atoms with Crippen molar-refractivity contribution in [1.82, 2.24) is 9.97 Å². The number of aromatic amines is 1. The zero-order chi connectivity index (χ0) is 16.4. The van der Waals surface area contributed by atoms with Crippen molar-refractivity contribution in [3.63, 3.8) is 0 Å². The van der Waals surface area contributed by atoms with Gasteiger partial charge in [0.1, 0.15) is 11.4 Å². The summed E-state index contributed by atoms with van der Waals surface area (Å²) in [5.74, 6) is -0.362. The predicted molar refractivity (Wildman–Crippen MR) is 85.1 cm³/mol. The molecule has 2 aromatic carbocycles. The number of ether oxygens (including phenoxy) is 1. The molecule has 0 radical (unpaired) electrons. The fourth-order valence-electron chi connectivity index (χ4n) is 2.40. The van der Waals surface area contributed by atoms with Gasteiger partial charge in [0.2, 0.25) is 0 Å². The first-order valence-corrected chi connectivity index (χ1v) is 6.96. The van der Waals surface area contributed by atoms with E-state index < -0.39 is 5.97 Å². The molecule has 1 aromatic heterocycles. The van der Waals surface area contributed by atoms with Crippen LogP contribution in [-0.4, -0.2) is 28.2 Å². The number of carboxylic acid groups (broad SMARTS) is 1. The molecule has 6 nitrogen and oxygen atoms in total. The number of H-pyrrole nitrogens is 1. The van der Waals surface area contributed by atoms with Crippen LogP contribution in [0.2, 0.25) is 0 Å². The Hall–Kier alpha value is -3.15. The van der Waals surface area contributed by atoms with Gasteiger partial charge in [-0.25, -0.2) is 9.78 Å².